The summed E-state index contributed by atoms with van der Waals surface area (Å²) in [4.78, 5) is 0. The number of rotatable bonds is 5. The van der Waals surface area contributed by atoms with Crippen molar-refractivity contribution in [2.24, 2.45) is 0 Å². The minimum Gasteiger partial charge on any atom is -0.0805 e. The van der Waals surface area contributed by atoms with Gasteiger partial charge in [0.1, 0.15) is 0 Å². The Morgan fingerprint density at radius 1 is 1.25 bits per heavy atom. The van der Waals surface area contributed by atoms with Gasteiger partial charge in [-0.15, -0.1) is 0 Å². The van der Waals surface area contributed by atoms with Crippen LogP contribution in [0.5, 0.6) is 0 Å². The molecule has 0 aromatic rings. The molecule has 1 heteroatoms. The van der Waals surface area contributed by atoms with Crippen LogP contribution in [-0.4, -0.2) is 29.6 Å². The molecule has 0 saturated carbocycles. The molecule has 1 aliphatic rings. The van der Waals surface area contributed by atoms with Crippen molar-refractivity contribution in [2.45, 2.75) is 45.4 Å². The quantitative estimate of drug-likeness (QED) is 0.441. The van der Waals surface area contributed by atoms with Crippen molar-refractivity contribution in [2.75, 3.05) is 0 Å². The van der Waals surface area contributed by atoms with Gasteiger partial charge in [0.05, 0.1) is 0 Å². The monoisotopic (exact) mass is 173 g/mol. The summed E-state index contributed by atoms with van der Waals surface area (Å²) in [5.74, 6) is 0. The maximum Gasteiger partial charge on any atom is 0 e. The fourth-order valence-corrected chi connectivity index (χ4v) is 1.46. The van der Waals surface area contributed by atoms with E-state index < -0.39 is 0 Å². The Balaban J connectivity index is 0.00000121. The van der Waals surface area contributed by atoms with Crippen molar-refractivity contribution in [1.82, 2.24) is 0 Å². The average Bonchev–Trinajstić information content (AvgIpc) is 2.50. The van der Waals surface area contributed by atoms with Gasteiger partial charge in [-0.25, -0.2) is 0 Å². The second-order valence-corrected chi connectivity index (χ2v) is 3.27. The molecule has 1 rings (SSSR count). The average molecular weight is 173 g/mol. The van der Waals surface area contributed by atoms with E-state index in [1.54, 1.807) is 5.57 Å². The van der Waals surface area contributed by atoms with Crippen molar-refractivity contribution in [3.63, 3.8) is 0 Å². The summed E-state index contributed by atoms with van der Waals surface area (Å²) < 4.78 is 0. The molecule has 0 bridgehead atoms. The Morgan fingerprint density at radius 2 is 2.08 bits per heavy atom. The van der Waals surface area contributed by atoms with Gasteiger partial charge in [0.2, 0.25) is 0 Å². The van der Waals surface area contributed by atoms with Crippen LogP contribution in [0, 0.1) is 0 Å². The molecule has 0 spiro atoms. The number of hydrogen-bond acceptors (Lipinski definition) is 0. The van der Waals surface area contributed by atoms with Crippen molar-refractivity contribution >= 4 is 29.6 Å². The van der Waals surface area contributed by atoms with Gasteiger partial charge in [0.25, 0.3) is 0 Å². The van der Waals surface area contributed by atoms with Crippen LogP contribution in [-0.2, 0) is 0 Å². The van der Waals surface area contributed by atoms with Gasteiger partial charge in [-0.05, 0) is 19.3 Å². The maximum atomic E-state index is 2.27. The molecule has 0 fully saturated rings. The van der Waals surface area contributed by atoms with E-state index in [1.165, 1.54) is 38.5 Å². The van der Waals surface area contributed by atoms with E-state index in [-0.39, 0.29) is 29.6 Å². The predicted molar refractivity (Wildman–Crippen MR) is 56.4 cm³/mol. The second-order valence-electron chi connectivity index (χ2n) is 3.27. The van der Waals surface area contributed by atoms with E-state index in [0.717, 1.165) is 0 Å². The molecule has 0 saturated heterocycles. The maximum absolute atomic E-state index is 2.27. The zero-order chi connectivity index (χ0) is 7.94. The second kappa shape index (κ2) is 8.10. The van der Waals surface area contributed by atoms with E-state index in [0.29, 0.717) is 0 Å². The van der Waals surface area contributed by atoms with Crippen LogP contribution in [0.25, 0.3) is 0 Å². The van der Waals surface area contributed by atoms with Crippen LogP contribution >= 0.6 is 0 Å². The standard InChI is InChI=1S/C11H18.Na/c1-2-3-4-5-8-11-9-6-7-10-11;/h6-7,9H,2-5,8,10H2,1H3;. The van der Waals surface area contributed by atoms with Gasteiger partial charge in [-0.1, -0.05) is 50.0 Å². The first kappa shape index (κ1) is 12.5. The Morgan fingerprint density at radius 3 is 2.67 bits per heavy atom. The summed E-state index contributed by atoms with van der Waals surface area (Å²) in [7, 11) is 0. The van der Waals surface area contributed by atoms with E-state index in [9.17, 15) is 0 Å². The molecule has 63 valence electrons. The summed E-state index contributed by atoms with van der Waals surface area (Å²) in [6.45, 7) is 2.26. The van der Waals surface area contributed by atoms with Crippen molar-refractivity contribution in [3.8, 4) is 0 Å². The molecule has 0 aliphatic heterocycles. The van der Waals surface area contributed by atoms with Crippen molar-refractivity contribution in [3.05, 3.63) is 23.8 Å². The molecule has 0 heterocycles. The molecule has 0 N–H and O–H groups in total. The molecule has 0 unspecified atom stereocenters. The molecule has 0 aromatic carbocycles. The fraction of sp³-hybridized carbons (Fsp3) is 0.636. The number of unbranched alkanes of at least 4 members (excludes halogenated alkanes) is 3. The van der Waals surface area contributed by atoms with Crippen LogP contribution < -0.4 is 0 Å². The zero-order valence-electron chi connectivity index (χ0n) is 8.47. The summed E-state index contributed by atoms with van der Waals surface area (Å²) >= 11 is 0. The summed E-state index contributed by atoms with van der Waals surface area (Å²) in [5.41, 5.74) is 1.63. The molecule has 0 amide bonds. The van der Waals surface area contributed by atoms with Crippen LogP contribution in [0.4, 0.5) is 0 Å². The van der Waals surface area contributed by atoms with Gasteiger partial charge in [0.15, 0.2) is 0 Å². The molecular weight excluding hydrogens is 155 g/mol. The topological polar surface area (TPSA) is 0 Å². The van der Waals surface area contributed by atoms with Gasteiger partial charge in [-0.2, -0.15) is 0 Å². The van der Waals surface area contributed by atoms with Crippen molar-refractivity contribution < 1.29 is 0 Å². The molecule has 12 heavy (non-hydrogen) atoms. The van der Waals surface area contributed by atoms with E-state index in [1.807, 2.05) is 0 Å². The number of hydrogen-bond donors (Lipinski definition) is 0. The third-order valence-corrected chi connectivity index (χ3v) is 2.20. The Hall–Kier alpha value is 0.480. The first-order valence-electron chi connectivity index (χ1n) is 4.78. The molecule has 1 radical (unpaired) electrons. The molecule has 0 atom stereocenters. The van der Waals surface area contributed by atoms with Gasteiger partial charge in [0, 0.05) is 29.6 Å². The van der Waals surface area contributed by atoms with Gasteiger partial charge >= 0.3 is 0 Å². The van der Waals surface area contributed by atoms with E-state index in [2.05, 4.69) is 25.2 Å². The zero-order valence-corrected chi connectivity index (χ0v) is 10.5. The van der Waals surface area contributed by atoms with Crippen molar-refractivity contribution in [1.29, 1.82) is 0 Å². The Kier molecular flexibility index (Phi) is 8.42. The predicted octanol–water partition coefficient (Wildman–Crippen LogP) is 3.46. The van der Waals surface area contributed by atoms with Crippen LogP contribution in [0.1, 0.15) is 45.4 Å². The SMILES string of the molecule is CCCCCCC1=CC=CC1.[Na]. The molecule has 0 nitrogen and oxygen atoms in total. The first-order valence-corrected chi connectivity index (χ1v) is 4.78. The third-order valence-electron chi connectivity index (χ3n) is 2.20. The minimum absolute atomic E-state index is 0. The van der Waals surface area contributed by atoms with E-state index in [4.69, 9.17) is 0 Å². The Bertz CT molecular complexity index is 156. The fourth-order valence-electron chi connectivity index (χ4n) is 1.46. The molecule has 0 aromatic heterocycles. The van der Waals surface area contributed by atoms with Crippen LogP contribution in [0.15, 0.2) is 23.8 Å². The summed E-state index contributed by atoms with van der Waals surface area (Å²) in [6, 6.07) is 0. The van der Waals surface area contributed by atoms with E-state index >= 15 is 0 Å². The Labute approximate surface area is 98.4 Å². The molecular formula is C11H18Na. The third kappa shape index (κ3) is 5.18. The first-order chi connectivity index (χ1) is 5.43. The normalized spacial score (nSPS) is 14.2. The van der Waals surface area contributed by atoms with Crippen LogP contribution in [0.2, 0.25) is 0 Å². The summed E-state index contributed by atoms with van der Waals surface area (Å²) in [6.07, 6.45) is 14.8. The summed E-state index contributed by atoms with van der Waals surface area (Å²) in [5, 5.41) is 0. The molecule has 1 aliphatic carbocycles. The largest absolute Gasteiger partial charge is 0.0805 e. The minimum atomic E-state index is 0. The van der Waals surface area contributed by atoms with Gasteiger partial charge in [-0.3, -0.25) is 0 Å². The van der Waals surface area contributed by atoms with Crippen LogP contribution in [0.3, 0.4) is 0 Å². The number of allylic oxidation sites excluding steroid dienone is 4. The van der Waals surface area contributed by atoms with Gasteiger partial charge < -0.3 is 0 Å². The smallest absolute Gasteiger partial charge is 0 e.